The molecule has 0 bridgehead atoms. The van der Waals surface area contributed by atoms with E-state index in [1.54, 1.807) is 7.05 Å². The first-order valence-corrected chi connectivity index (χ1v) is 6.23. The van der Waals surface area contributed by atoms with Crippen molar-refractivity contribution in [1.82, 2.24) is 5.01 Å². The van der Waals surface area contributed by atoms with Crippen LogP contribution in [0.1, 0.15) is 42.4 Å². The van der Waals surface area contributed by atoms with Gasteiger partial charge in [-0.3, -0.25) is 9.80 Å². The van der Waals surface area contributed by atoms with Gasteiger partial charge in [-0.05, 0) is 49.3 Å². The maximum Gasteiger partial charge on any atom is 0.243 e. The van der Waals surface area contributed by atoms with Crippen LogP contribution in [0.4, 0.5) is 0 Å². The molecule has 0 aromatic heterocycles. The Labute approximate surface area is 103 Å². The van der Waals surface area contributed by atoms with Crippen molar-refractivity contribution in [2.24, 2.45) is 5.84 Å². The molecule has 1 aliphatic rings. The molecular formula is C14H20N2O. The van der Waals surface area contributed by atoms with Gasteiger partial charge in [0.25, 0.3) is 0 Å². The lowest BCUT2D eigenvalue weighted by molar-refractivity contribution is -0.131. The first-order valence-electron chi connectivity index (χ1n) is 6.23. The predicted molar refractivity (Wildman–Crippen MR) is 68.5 cm³/mol. The number of carbonyl (C=O) groups excluding carboxylic acids is 1. The van der Waals surface area contributed by atoms with E-state index in [2.05, 4.69) is 18.2 Å². The molecule has 3 heteroatoms. The topological polar surface area (TPSA) is 46.3 Å². The fourth-order valence-electron chi connectivity index (χ4n) is 2.47. The molecule has 1 atom stereocenters. The summed E-state index contributed by atoms with van der Waals surface area (Å²) in [5, 5.41) is 1.17. The molecular weight excluding hydrogens is 212 g/mol. The summed E-state index contributed by atoms with van der Waals surface area (Å²) in [6.07, 6.45) is 4.86. The highest BCUT2D eigenvalue weighted by atomic mass is 16.2. The number of hydrogen-bond donors (Lipinski definition) is 1. The molecule has 0 heterocycles. The summed E-state index contributed by atoms with van der Waals surface area (Å²) in [6.45, 7) is 1.91. The highest BCUT2D eigenvalue weighted by Crippen LogP contribution is 2.26. The Kier molecular flexibility index (Phi) is 3.48. The van der Waals surface area contributed by atoms with Gasteiger partial charge in [0.2, 0.25) is 5.91 Å². The van der Waals surface area contributed by atoms with Gasteiger partial charge in [-0.25, -0.2) is 5.84 Å². The van der Waals surface area contributed by atoms with Crippen LogP contribution in [0.3, 0.4) is 0 Å². The van der Waals surface area contributed by atoms with E-state index in [-0.39, 0.29) is 11.8 Å². The number of amides is 1. The van der Waals surface area contributed by atoms with Crippen LogP contribution in [-0.2, 0) is 17.6 Å². The van der Waals surface area contributed by atoms with E-state index in [1.165, 1.54) is 35.4 Å². The molecule has 0 radical (unpaired) electrons. The van der Waals surface area contributed by atoms with Crippen LogP contribution in [0.25, 0.3) is 0 Å². The lowest BCUT2D eigenvalue weighted by Gasteiger charge is -2.20. The number of fused-ring (bicyclic) bond motifs is 1. The molecule has 0 saturated heterocycles. The molecule has 3 nitrogen and oxygen atoms in total. The minimum absolute atomic E-state index is 0.0410. The molecule has 0 saturated carbocycles. The lowest BCUT2D eigenvalue weighted by atomic mass is 9.88. The fraction of sp³-hybridized carbons (Fsp3) is 0.500. The molecule has 1 aliphatic carbocycles. The van der Waals surface area contributed by atoms with Gasteiger partial charge in [0.15, 0.2) is 0 Å². The van der Waals surface area contributed by atoms with Gasteiger partial charge in [-0.2, -0.15) is 0 Å². The molecule has 1 aromatic carbocycles. The van der Waals surface area contributed by atoms with E-state index < -0.39 is 0 Å². The second kappa shape index (κ2) is 4.88. The maximum absolute atomic E-state index is 11.8. The minimum atomic E-state index is -0.155. The number of hydrogen-bond acceptors (Lipinski definition) is 2. The number of rotatable bonds is 2. The standard InChI is InChI=1S/C14H20N2O/c1-10(14(17)16(2)15)12-8-7-11-5-3-4-6-13(11)9-12/h7-10H,3-6,15H2,1-2H3. The highest BCUT2D eigenvalue weighted by molar-refractivity contribution is 5.82. The molecule has 1 aromatic rings. The Balaban J connectivity index is 2.24. The van der Waals surface area contributed by atoms with Crippen molar-refractivity contribution in [2.45, 2.75) is 38.5 Å². The molecule has 92 valence electrons. The Morgan fingerprint density at radius 1 is 1.29 bits per heavy atom. The average molecular weight is 232 g/mol. The third-order valence-corrected chi connectivity index (χ3v) is 3.59. The third kappa shape index (κ3) is 2.50. The fourth-order valence-corrected chi connectivity index (χ4v) is 2.47. The molecule has 0 fully saturated rings. The van der Waals surface area contributed by atoms with Gasteiger partial charge in [-0.1, -0.05) is 18.2 Å². The summed E-state index contributed by atoms with van der Waals surface area (Å²) in [6, 6.07) is 6.42. The van der Waals surface area contributed by atoms with Crippen LogP contribution in [0.2, 0.25) is 0 Å². The quantitative estimate of drug-likeness (QED) is 0.481. The van der Waals surface area contributed by atoms with Gasteiger partial charge in [0, 0.05) is 7.05 Å². The number of carbonyl (C=O) groups is 1. The van der Waals surface area contributed by atoms with Gasteiger partial charge < -0.3 is 0 Å². The van der Waals surface area contributed by atoms with Crippen molar-refractivity contribution in [2.75, 3.05) is 7.05 Å². The summed E-state index contributed by atoms with van der Waals surface area (Å²) in [4.78, 5) is 11.8. The average Bonchev–Trinajstić information content (AvgIpc) is 2.36. The predicted octanol–water partition coefficient (Wildman–Crippen LogP) is 2.00. The monoisotopic (exact) mass is 232 g/mol. The van der Waals surface area contributed by atoms with E-state index >= 15 is 0 Å². The highest BCUT2D eigenvalue weighted by Gasteiger charge is 2.19. The normalized spacial score (nSPS) is 16.2. The van der Waals surface area contributed by atoms with Crippen LogP contribution in [-0.4, -0.2) is 18.0 Å². The van der Waals surface area contributed by atoms with E-state index in [9.17, 15) is 4.79 Å². The van der Waals surface area contributed by atoms with Crippen molar-refractivity contribution in [1.29, 1.82) is 0 Å². The Hall–Kier alpha value is -1.35. The summed E-state index contributed by atoms with van der Waals surface area (Å²) in [7, 11) is 1.59. The van der Waals surface area contributed by atoms with Gasteiger partial charge in [0.1, 0.15) is 0 Å². The number of aryl methyl sites for hydroxylation is 2. The summed E-state index contributed by atoms with van der Waals surface area (Å²) in [5.41, 5.74) is 3.93. The van der Waals surface area contributed by atoms with Crippen LogP contribution in [0, 0.1) is 0 Å². The molecule has 2 rings (SSSR count). The number of benzene rings is 1. The minimum Gasteiger partial charge on any atom is -0.283 e. The molecule has 2 N–H and O–H groups in total. The summed E-state index contributed by atoms with van der Waals surface area (Å²) >= 11 is 0. The van der Waals surface area contributed by atoms with E-state index in [4.69, 9.17) is 5.84 Å². The van der Waals surface area contributed by atoms with E-state index in [0.717, 1.165) is 12.0 Å². The molecule has 1 unspecified atom stereocenters. The number of hydrazine groups is 1. The molecule has 0 aliphatic heterocycles. The van der Waals surface area contributed by atoms with Crippen molar-refractivity contribution in [3.63, 3.8) is 0 Å². The SMILES string of the molecule is CC(C(=O)N(C)N)c1ccc2c(c1)CCCC2. The Bertz CT molecular complexity index is 426. The summed E-state index contributed by atoms with van der Waals surface area (Å²) in [5.74, 6) is 5.30. The number of nitrogens with two attached hydrogens (primary N) is 1. The van der Waals surface area contributed by atoms with Gasteiger partial charge >= 0.3 is 0 Å². The maximum atomic E-state index is 11.8. The van der Waals surface area contributed by atoms with Gasteiger partial charge in [0.05, 0.1) is 5.92 Å². The van der Waals surface area contributed by atoms with Gasteiger partial charge in [-0.15, -0.1) is 0 Å². The van der Waals surface area contributed by atoms with Crippen LogP contribution >= 0.6 is 0 Å². The van der Waals surface area contributed by atoms with Crippen molar-refractivity contribution in [3.05, 3.63) is 34.9 Å². The van der Waals surface area contributed by atoms with Crippen molar-refractivity contribution in [3.8, 4) is 0 Å². The van der Waals surface area contributed by atoms with E-state index in [1.807, 2.05) is 6.92 Å². The molecule has 0 spiro atoms. The lowest BCUT2D eigenvalue weighted by Crippen LogP contribution is -2.36. The zero-order chi connectivity index (χ0) is 12.4. The largest absolute Gasteiger partial charge is 0.283 e. The van der Waals surface area contributed by atoms with Crippen LogP contribution < -0.4 is 5.84 Å². The summed E-state index contributed by atoms with van der Waals surface area (Å²) < 4.78 is 0. The third-order valence-electron chi connectivity index (χ3n) is 3.59. The second-order valence-corrected chi connectivity index (χ2v) is 4.91. The van der Waals surface area contributed by atoms with Crippen molar-refractivity contribution >= 4 is 5.91 Å². The first kappa shape index (κ1) is 12.1. The Morgan fingerprint density at radius 2 is 1.94 bits per heavy atom. The van der Waals surface area contributed by atoms with Crippen LogP contribution in [0.15, 0.2) is 18.2 Å². The number of likely N-dealkylation sites (N-methyl/N-ethyl adjacent to an activating group) is 1. The smallest absolute Gasteiger partial charge is 0.243 e. The second-order valence-electron chi connectivity index (χ2n) is 4.91. The van der Waals surface area contributed by atoms with Crippen LogP contribution in [0.5, 0.6) is 0 Å². The zero-order valence-electron chi connectivity index (χ0n) is 10.6. The number of nitrogens with zero attached hydrogens (tertiary/aromatic N) is 1. The zero-order valence-corrected chi connectivity index (χ0v) is 10.6. The van der Waals surface area contributed by atoms with E-state index in [0.29, 0.717) is 0 Å². The van der Waals surface area contributed by atoms with Crippen molar-refractivity contribution < 1.29 is 4.79 Å². The first-order chi connectivity index (χ1) is 8.09. The molecule has 1 amide bonds. The molecule has 17 heavy (non-hydrogen) atoms. The Morgan fingerprint density at radius 3 is 2.59 bits per heavy atom.